The van der Waals surface area contributed by atoms with Gasteiger partial charge in [-0.25, -0.2) is 4.98 Å². The van der Waals surface area contributed by atoms with Gasteiger partial charge in [0.2, 0.25) is 0 Å². The summed E-state index contributed by atoms with van der Waals surface area (Å²) in [6.07, 6.45) is 4.24. The second-order valence-corrected chi connectivity index (χ2v) is 3.05. The molecule has 0 saturated carbocycles. The number of hydrogen-bond acceptors (Lipinski definition) is 2. The van der Waals surface area contributed by atoms with Gasteiger partial charge in [0.1, 0.15) is 6.20 Å². The number of benzene rings is 1. The molecule has 2 rings (SSSR count). The molecule has 0 N–H and O–H groups in total. The van der Waals surface area contributed by atoms with Crippen LogP contribution in [-0.2, 0) is 0 Å². The summed E-state index contributed by atoms with van der Waals surface area (Å²) in [5, 5.41) is 0. The number of fused-ring (bicyclic) bond motifs is 1. The van der Waals surface area contributed by atoms with Crippen LogP contribution in [0.5, 0.6) is 0 Å². The summed E-state index contributed by atoms with van der Waals surface area (Å²) in [6, 6.07) is 5.77. The minimum absolute atomic E-state index is 0.871. The van der Waals surface area contributed by atoms with Crippen molar-refractivity contribution in [3.05, 3.63) is 35.1 Å². The van der Waals surface area contributed by atoms with Crippen LogP contribution in [0.1, 0.15) is 0 Å². The third kappa shape index (κ3) is 1.24. The quantitative estimate of drug-likeness (QED) is 0.663. The molecule has 3 heteroatoms. The van der Waals surface area contributed by atoms with Crippen LogP contribution in [0.15, 0.2) is 28.9 Å². The summed E-state index contributed by atoms with van der Waals surface area (Å²) in [6.45, 7) is 0. The van der Waals surface area contributed by atoms with E-state index in [1.807, 2.05) is 18.2 Å². The van der Waals surface area contributed by atoms with E-state index in [2.05, 4.69) is 32.1 Å². The number of nitrogens with zero attached hydrogens (tertiary/aromatic N) is 2. The Bertz CT molecular complexity index is 387. The Morgan fingerprint density at radius 3 is 3.09 bits per heavy atom. The maximum absolute atomic E-state index is 4.09. The Morgan fingerprint density at radius 2 is 2.18 bits per heavy atom. The van der Waals surface area contributed by atoms with Gasteiger partial charge < -0.3 is 0 Å². The van der Waals surface area contributed by atoms with E-state index in [1.165, 1.54) is 0 Å². The highest BCUT2D eigenvalue weighted by Crippen LogP contribution is 2.14. The average molecular weight is 208 g/mol. The van der Waals surface area contributed by atoms with Crippen molar-refractivity contribution in [3.63, 3.8) is 0 Å². The summed E-state index contributed by atoms with van der Waals surface area (Å²) < 4.78 is 1.02. The van der Waals surface area contributed by atoms with Gasteiger partial charge in [-0.1, -0.05) is 15.9 Å². The van der Waals surface area contributed by atoms with E-state index in [4.69, 9.17) is 0 Å². The van der Waals surface area contributed by atoms with E-state index in [0.29, 0.717) is 0 Å². The van der Waals surface area contributed by atoms with Gasteiger partial charge in [-0.2, -0.15) is 0 Å². The van der Waals surface area contributed by atoms with Gasteiger partial charge in [0.05, 0.1) is 17.2 Å². The molecule has 53 valence electrons. The SMILES string of the molecule is Brc1ccc2n[c]cnc2c1. The summed E-state index contributed by atoms with van der Waals surface area (Å²) in [5.74, 6) is 0. The zero-order chi connectivity index (χ0) is 7.68. The highest BCUT2D eigenvalue weighted by molar-refractivity contribution is 9.10. The molecule has 0 fully saturated rings. The van der Waals surface area contributed by atoms with Crippen LogP contribution >= 0.6 is 15.9 Å². The molecule has 0 atom stereocenters. The van der Waals surface area contributed by atoms with Crippen molar-refractivity contribution in [2.75, 3.05) is 0 Å². The topological polar surface area (TPSA) is 25.8 Å². The van der Waals surface area contributed by atoms with Crippen molar-refractivity contribution in [3.8, 4) is 0 Å². The molecule has 1 heterocycles. The lowest BCUT2D eigenvalue weighted by atomic mass is 10.3. The fourth-order valence-corrected chi connectivity index (χ4v) is 1.24. The van der Waals surface area contributed by atoms with Gasteiger partial charge in [-0.15, -0.1) is 0 Å². The molecule has 0 bridgehead atoms. The molecule has 0 saturated heterocycles. The highest BCUT2D eigenvalue weighted by atomic mass is 79.9. The lowest BCUT2D eigenvalue weighted by Crippen LogP contribution is -1.80. The van der Waals surface area contributed by atoms with Crippen LogP contribution in [0.3, 0.4) is 0 Å². The van der Waals surface area contributed by atoms with E-state index in [-0.39, 0.29) is 0 Å². The standard InChI is InChI=1S/C8H4BrN2/c9-6-1-2-7-8(5-6)11-4-3-10-7/h1-2,4-5H. The third-order valence-corrected chi connectivity index (χ3v) is 1.88. The zero-order valence-electron chi connectivity index (χ0n) is 5.58. The molecule has 11 heavy (non-hydrogen) atoms. The molecule has 0 aliphatic heterocycles. The Kier molecular flexibility index (Phi) is 1.58. The van der Waals surface area contributed by atoms with Gasteiger partial charge >= 0.3 is 0 Å². The molecule has 0 unspecified atom stereocenters. The monoisotopic (exact) mass is 207 g/mol. The smallest absolute Gasteiger partial charge is 0.109 e. The maximum Gasteiger partial charge on any atom is 0.109 e. The number of halogens is 1. The molecule has 0 aliphatic carbocycles. The van der Waals surface area contributed by atoms with Crippen molar-refractivity contribution in [1.82, 2.24) is 9.97 Å². The van der Waals surface area contributed by atoms with E-state index < -0.39 is 0 Å². The minimum Gasteiger partial charge on any atom is -0.252 e. The average Bonchev–Trinajstić information content (AvgIpc) is 2.04. The molecular weight excluding hydrogens is 204 g/mol. The molecular formula is C8H4BrN2. The fraction of sp³-hybridized carbons (Fsp3) is 0. The molecule has 0 aliphatic rings. The van der Waals surface area contributed by atoms with Crippen molar-refractivity contribution < 1.29 is 0 Å². The molecule has 0 spiro atoms. The molecule has 1 aromatic carbocycles. The van der Waals surface area contributed by atoms with Gasteiger partial charge in [0.15, 0.2) is 0 Å². The van der Waals surface area contributed by atoms with Gasteiger partial charge in [-0.05, 0) is 18.2 Å². The van der Waals surface area contributed by atoms with E-state index in [1.54, 1.807) is 6.20 Å². The lowest BCUT2D eigenvalue weighted by molar-refractivity contribution is 1.28. The summed E-state index contributed by atoms with van der Waals surface area (Å²) >= 11 is 3.35. The van der Waals surface area contributed by atoms with Crippen molar-refractivity contribution in [2.24, 2.45) is 0 Å². The van der Waals surface area contributed by atoms with E-state index in [9.17, 15) is 0 Å². The second-order valence-electron chi connectivity index (χ2n) is 2.13. The molecule has 2 aromatic rings. The summed E-state index contributed by atoms with van der Waals surface area (Å²) in [5.41, 5.74) is 1.76. The van der Waals surface area contributed by atoms with E-state index in [0.717, 1.165) is 15.5 Å². The van der Waals surface area contributed by atoms with Gasteiger partial charge in [-0.3, -0.25) is 4.98 Å². The van der Waals surface area contributed by atoms with Crippen LogP contribution in [0.4, 0.5) is 0 Å². The van der Waals surface area contributed by atoms with Crippen molar-refractivity contribution >= 4 is 27.0 Å². The third-order valence-electron chi connectivity index (χ3n) is 1.38. The first-order valence-electron chi connectivity index (χ1n) is 3.14. The molecule has 1 aromatic heterocycles. The normalized spacial score (nSPS) is 10.3. The molecule has 0 amide bonds. The van der Waals surface area contributed by atoms with Crippen LogP contribution in [0.25, 0.3) is 11.0 Å². The predicted molar refractivity (Wildman–Crippen MR) is 46.1 cm³/mol. The fourth-order valence-electron chi connectivity index (χ4n) is 0.891. The van der Waals surface area contributed by atoms with Gasteiger partial charge in [0.25, 0.3) is 0 Å². The first-order valence-corrected chi connectivity index (χ1v) is 3.94. The maximum atomic E-state index is 4.09. The van der Waals surface area contributed by atoms with Crippen LogP contribution < -0.4 is 0 Å². The Balaban J connectivity index is 2.83. The van der Waals surface area contributed by atoms with Crippen LogP contribution in [0, 0.1) is 6.20 Å². The molecule has 1 radical (unpaired) electrons. The number of rotatable bonds is 0. The lowest BCUT2D eigenvalue weighted by Gasteiger charge is -1.93. The second kappa shape index (κ2) is 2.58. The minimum atomic E-state index is 0.871. The Hall–Kier alpha value is -0.960. The molecule has 2 nitrogen and oxygen atoms in total. The first kappa shape index (κ1) is 6.73. The first-order chi connectivity index (χ1) is 5.36. The van der Waals surface area contributed by atoms with Crippen LogP contribution in [0.2, 0.25) is 0 Å². The van der Waals surface area contributed by atoms with Crippen LogP contribution in [-0.4, -0.2) is 9.97 Å². The highest BCUT2D eigenvalue weighted by Gasteiger charge is 1.93. The predicted octanol–water partition coefficient (Wildman–Crippen LogP) is 2.19. The Labute approximate surface area is 72.4 Å². The van der Waals surface area contributed by atoms with Crippen molar-refractivity contribution in [2.45, 2.75) is 0 Å². The number of hydrogen-bond donors (Lipinski definition) is 0. The summed E-state index contributed by atoms with van der Waals surface area (Å²) in [4.78, 5) is 8.11. The van der Waals surface area contributed by atoms with Gasteiger partial charge in [0, 0.05) is 4.47 Å². The largest absolute Gasteiger partial charge is 0.252 e. The zero-order valence-corrected chi connectivity index (χ0v) is 7.17. The van der Waals surface area contributed by atoms with E-state index >= 15 is 0 Å². The Morgan fingerprint density at radius 1 is 1.27 bits per heavy atom. The number of aromatic nitrogens is 2. The van der Waals surface area contributed by atoms with Crippen molar-refractivity contribution in [1.29, 1.82) is 0 Å². The summed E-state index contributed by atoms with van der Waals surface area (Å²) in [7, 11) is 0.